The van der Waals surface area contributed by atoms with E-state index in [9.17, 15) is 9.59 Å². The smallest absolute Gasteiger partial charge is 0.344 e. The molecule has 0 spiro atoms. The van der Waals surface area contributed by atoms with Gasteiger partial charge in [0.05, 0.1) is 5.92 Å². The zero-order chi connectivity index (χ0) is 18.6. The Balaban J connectivity index is 2.62. The molecule has 1 aliphatic carbocycles. The van der Waals surface area contributed by atoms with E-state index in [0.717, 1.165) is 38.5 Å². The van der Waals surface area contributed by atoms with E-state index in [1.165, 1.54) is 0 Å². The monoisotopic (exact) mass is 340 g/mol. The van der Waals surface area contributed by atoms with E-state index < -0.39 is 5.97 Å². The van der Waals surface area contributed by atoms with Crippen molar-refractivity contribution >= 4 is 11.9 Å². The quantitative estimate of drug-likeness (QED) is 0.619. The van der Waals surface area contributed by atoms with Crippen LogP contribution in [-0.2, 0) is 19.1 Å². The molecule has 1 rings (SSSR count). The van der Waals surface area contributed by atoms with Gasteiger partial charge in [0.1, 0.15) is 5.60 Å². The molecule has 4 nitrogen and oxygen atoms in total. The van der Waals surface area contributed by atoms with Gasteiger partial charge in [-0.15, -0.1) is 0 Å². The SMILES string of the molecule is CCC(C)(C)C(CC(C)(C)C)C(=O)OCC(=O)OC1(C)CCCC1. The van der Waals surface area contributed by atoms with Gasteiger partial charge < -0.3 is 9.47 Å². The predicted octanol–water partition coefficient (Wildman–Crippen LogP) is 4.89. The lowest BCUT2D eigenvalue weighted by atomic mass is 9.70. The van der Waals surface area contributed by atoms with Gasteiger partial charge in [-0.3, -0.25) is 4.79 Å². The summed E-state index contributed by atoms with van der Waals surface area (Å²) >= 11 is 0. The molecule has 1 aliphatic rings. The van der Waals surface area contributed by atoms with Crippen molar-refractivity contribution in [3.05, 3.63) is 0 Å². The molecule has 140 valence electrons. The van der Waals surface area contributed by atoms with Gasteiger partial charge in [-0.05, 0) is 49.9 Å². The zero-order valence-electron chi connectivity index (χ0n) is 16.7. The highest BCUT2D eigenvalue weighted by Gasteiger charge is 2.38. The van der Waals surface area contributed by atoms with E-state index in [4.69, 9.17) is 9.47 Å². The summed E-state index contributed by atoms with van der Waals surface area (Å²) in [6.45, 7) is 14.3. The molecule has 1 atom stereocenters. The highest BCUT2D eigenvalue weighted by Crippen LogP contribution is 2.39. The minimum absolute atomic E-state index is 0.0218. The van der Waals surface area contributed by atoms with Crippen LogP contribution in [0.15, 0.2) is 0 Å². The molecule has 0 aromatic heterocycles. The van der Waals surface area contributed by atoms with E-state index in [-0.39, 0.29) is 34.9 Å². The fourth-order valence-electron chi connectivity index (χ4n) is 3.30. The molecule has 24 heavy (non-hydrogen) atoms. The Hall–Kier alpha value is -1.06. The van der Waals surface area contributed by atoms with E-state index in [1.54, 1.807) is 0 Å². The Morgan fingerprint density at radius 2 is 1.62 bits per heavy atom. The first kappa shape index (κ1) is 21.0. The normalized spacial score (nSPS) is 19.0. The number of ether oxygens (including phenoxy) is 2. The minimum atomic E-state index is -0.434. The predicted molar refractivity (Wildman–Crippen MR) is 95.6 cm³/mol. The summed E-state index contributed by atoms with van der Waals surface area (Å²) < 4.78 is 10.9. The van der Waals surface area contributed by atoms with E-state index >= 15 is 0 Å². The Bertz CT molecular complexity index is 439. The maximum Gasteiger partial charge on any atom is 0.344 e. The van der Waals surface area contributed by atoms with Gasteiger partial charge in [-0.2, -0.15) is 0 Å². The first-order valence-corrected chi connectivity index (χ1v) is 9.27. The summed E-state index contributed by atoms with van der Waals surface area (Å²) in [5.74, 6) is -0.945. The van der Waals surface area contributed by atoms with Crippen molar-refractivity contribution in [2.24, 2.45) is 16.7 Å². The van der Waals surface area contributed by atoms with Crippen molar-refractivity contribution < 1.29 is 19.1 Å². The summed E-state index contributed by atoms with van der Waals surface area (Å²) in [6, 6.07) is 0. The molecular weight excluding hydrogens is 304 g/mol. The molecule has 4 heteroatoms. The van der Waals surface area contributed by atoms with Gasteiger partial charge in [-0.25, -0.2) is 4.79 Å². The van der Waals surface area contributed by atoms with Crippen LogP contribution in [-0.4, -0.2) is 24.1 Å². The van der Waals surface area contributed by atoms with Gasteiger partial charge in [0.2, 0.25) is 0 Å². The van der Waals surface area contributed by atoms with Crippen LogP contribution >= 0.6 is 0 Å². The second-order valence-corrected chi connectivity index (χ2v) is 9.40. The summed E-state index contributed by atoms with van der Waals surface area (Å²) in [5.41, 5.74) is -0.517. The summed E-state index contributed by atoms with van der Waals surface area (Å²) in [4.78, 5) is 24.7. The molecule has 0 aromatic carbocycles. The molecule has 0 amide bonds. The van der Waals surface area contributed by atoms with Crippen molar-refractivity contribution in [3.63, 3.8) is 0 Å². The maximum absolute atomic E-state index is 12.6. The number of hydrogen-bond donors (Lipinski definition) is 0. The number of hydrogen-bond acceptors (Lipinski definition) is 4. The largest absolute Gasteiger partial charge is 0.457 e. The first-order chi connectivity index (χ1) is 10.9. The summed E-state index contributed by atoms with van der Waals surface area (Å²) in [5, 5.41) is 0. The Kier molecular flexibility index (Phi) is 6.89. The van der Waals surface area contributed by atoms with Crippen LogP contribution in [0.3, 0.4) is 0 Å². The van der Waals surface area contributed by atoms with E-state index in [1.807, 2.05) is 6.92 Å². The highest BCUT2D eigenvalue weighted by atomic mass is 16.6. The number of esters is 2. The lowest BCUT2D eigenvalue weighted by molar-refractivity contribution is -0.172. The van der Waals surface area contributed by atoms with Crippen molar-refractivity contribution in [2.45, 2.75) is 92.6 Å². The van der Waals surface area contributed by atoms with Gasteiger partial charge in [0, 0.05) is 0 Å². The average Bonchev–Trinajstić information content (AvgIpc) is 2.87. The fraction of sp³-hybridized carbons (Fsp3) is 0.900. The van der Waals surface area contributed by atoms with Gasteiger partial charge >= 0.3 is 11.9 Å². The molecule has 0 aromatic rings. The van der Waals surface area contributed by atoms with Crippen LogP contribution in [0, 0.1) is 16.7 Å². The van der Waals surface area contributed by atoms with Gasteiger partial charge in [0.15, 0.2) is 6.61 Å². The third kappa shape index (κ3) is 6.45. The summed E-state index contributed by atoms with van der Waals surface area (Å²) in [7, 11) is 0. The van der Waals surface area contributed by atoms with Crippen LogP contribution in [0.25, 0.3) is 0 Å². The highest BCUT2D eigenvalue weighted by molar-refractivity contribution is 5.78. The number of carbonyl (C=O) groups excluding carboxylic acids is 2. The third-order valence-electron chi connectivity index (χ3n) is 5.31. The molecule has 0 aliphatic heterocycles. The number of carbonyl (C=O) groups is 2. The fourth-order valence-corrected chi connectivity index (χ4v) is 3.30. The van der Waals surface area contributed by atoms with Crippen LogP contribution < -0.4 is 0 Å². The van der Waals surface area contributed by atoms with E-state index in [0.29, 0.717) is 0 Å². The zero-order valence-corrected chi connectivity index (χ0v) is 16.7. The summed E-state index contributed by atoms with van der Waals surface area (Å²) in [6.07, 6.45) is 5.57. The standard InChI is InChI=1S/C20H36O4/c1-8-19(5,6)15(13-18(2,3)4)17(22)23-14-16(21)24-20(7)11-9-10-12-20/h15H,8-14H2,1-7H3. The molecule has 1 fully saturated rings. The average molecular weight is 341 g/mol. The third-order valence-corrected chi connectivity index (χ3v) is 5.31. The molecule has 0 N–H and O–H groups in total. The molecule has 0 saturated heterocycles. The van der Waals surface area contributed by atoms with Crippen molar-refractivity contribution in [2.75, 3.05) is 6.61 Å². The van der Waals surface area contributed by atoms with Crippen LogP contribution in [0.1, 0.15) is 87.0 Å². The van der Waals surface area contributed by atoms with Crippen molar-refractivity contribution in [1.82, 2.24) is 0 Å². The second kappa shape index (κ2) is 7.88. The van der Waals surface area contributed by atoms with Gasteiger partial charge in [-0.1, -0.05) is 48.0 Å². The second-order valence-electron chi connectivity index (χ2n) is 9.40. The van der Waals surface area contributed by atoms with Crippen molar-refractivity contribution in [1.29, 1.82) is 0 Å². The minimum Gasteiger partial charge on any atom is -0.457 e. The molecule has 1 saturated carbocycles. The molecular formula is C20H36O4. The maximum atomic E-state index is 12.6. The topological polar surface area (TPSA) is 52.6 Å². The Labute approximate surface area is 147 Å². The van der Waals surface area contributed by atoms with Crippen LogP contribution in [0.4, 0.5) is 0 Å². The molecule has 0 bridgehead atoms. The number of rotatable bonds is 7. The Morgan fingerprint density at radius 1 is 1.08 bits per heavy atom. The van der Waals surface area contributed by atoms with Gasteiger partial charge in [0.25, 0.3) is 0 Å². The van der Waals surface area contributed by atoms with E-state index in [2.05, 4.69) is 41.5 Å². The Morgan fingerprint density at radius 3 is 2.08 bits per heavy atom. The molecule has 0 heterocycles. The first-order valence-electron chi connectivity index (χ1n) is 9.27. The molecule has 1 unspecified atom stereocenters. The molecule has 0 radical (unpaired) electrons. The lowest BCUT2D eigenvalue weighted by Gasteiger charge is -2.35. The van der Waals surface area contributed by atoms with Crippen LogP contribution in [0.5, 0.6) is 0 Å². The lowest BCUT2D eigenvalue weighted by Crippen LogP contribution is -2.37. The van der Waals surface area contributed by atoms with Crippen molar-refractivity contribution in [3.8, 4) is 0 Å². The van der Waals surface area contributed by atoms with Crippen LogP contribution in [0.2, 0.25) is 0 Å².